The van der Waals surface area contributed by atoms with E-state index in [1.54, 1.807) is 0 Å². The van der Waals surface area contributed by atoms with Crippen LogP contribution in [0.25, 0.3) is 0 Å². The lowest BCUT2D eigenvalue weighted by Crippen LogP contribution is -2.47. The second-order valence-electron chi connectivity index (χ2n) is 1.96. The SMILES string of the molecule is N=C(N)NN1CC(=O)NC1=O. The van der Waals surface area contributed by atoms with E-state index < -0.39 is 11.9 Å². The molecule has 0 unspecified atom stereocenters. The van der Waals surface area contributed by atoms with Gasteiger partial charge in [-0.1, -0.05) is 0 Å². The highest BCUT2D eigenvalue weighted by Gasteiger charge is 2.26. The molecule has 3 amide bonds. The van der Waals surface area contributed by atoms with Gasteiger partial charge in [0.1, 0.15) is 6.54 Å². The fraction of sp³-hybridized carbons (Fsp3) is 0.250. The number of nitrogens with zero attached hydrogens (tertiary/aromatic N) is 1. The Balaban J connectivity index is 2.53. The number of imide groups is 1. The summed E-state index contributed by atoms with van der Waals surface area (Å²) in [5.41, 5.74) is 7.10. The zero-order valence-corrected chi connectivity index (χ0v) is 5.55. The van der Waals surface area contributed by atoms with Crippen molar-refractivity contribution in [2.24, 2.45) is 5.73 Å². The van der Waals surface area contributed by atoms with Crippen LogP contribution in [0.5, 0.6) is 0 Å². The summed E-state index contributed by atoms with van der Waals surface area (Å²) in [6, 6.07) is -0.592. The first kappa shape index (κ1) is 7.32. The van der Waals surface area contributed by atoms with Crippen LogP contribution in [0, 0.1) is 5.41 Å². The minimum atomic E-state index is -0.592. The molecular weight excluding hydrogens is 150 g/mol. The van der Waals surface area contributed by atoms with Crippen molar-refractivity contribution in [1.82, 2.24) is 15.8 Å². The van der Waals surface area contributed by atoms with E-state index in [2.05, 4.69) is 5.43 Å². The van der Waals surface area contributed by atoms with Gasteiger partial charge in [-0.05, 0) is 0 Å². The van der Waals surface area contributed by atoms with Gasteiger partial charge in [0.05, 0.1) is 0 Å². The number of hydrogen-bond donors (Lipinski definition) is 4. The molecule has 7 nitrogen and oxygen atoms in total. The predicted molar refractivity (Wildman–Crippen MR) is 35.3 cm³/mol. The van der Waals surface area contributed by atoms with Gasteiger partial charge >= 0.3 is 6.03 Å². The van der Waals surface area contributed by atoms with Gasteiger partial charge in [0.25, 0.3) is 0 Å². The van der Waals surface area contributed by atoms with Gasteiger partial charge < -0.3 is 5.73 Å². The van der Waals surface area contributed by atoms with Crippen molar-refractivity contribution >= 4 is 17.9 Å². The highest BCUT2D eigenvalue weighted by Crippen LogP contribution is 1.91. The Kier molecular flexibility index (Phi) is 1.63. The number of hydrogen-bond acceptors (Lipinski definition) is 3. The second kappa shape index (κ2) is 2.45. The Labute approximate surface area is 62.0 Å². The summed E-state index contributed by atoms with van der Waals surface area (Å²) in [7, 11) is 0. The summed E-state index contributed by atoms with van der Waals surface area (Å²) in [5, 5.41) is 9.68. The fourth-order valence-corrected chi connectivity index (χ4v) is 0.677. The lowest BCUT2D eigenvalue weighted by atomic mass is 10.6. The molecule has 0 spiro atoms. The molecule has 60 valence electrons. The van der Waals surface area contributed by atoms with Crippen molar-refractivity contribution < 1.29 is 9.59 Å². The van der Waals surface area contributed by atoms with Gasteiger partial charge in [0, 0.05) is 0 Å². The Hall–Kier alpha value is -1.79. The zero-order chi connectivity index (χ0) is 8.43. The number of nitrogens with two attached hydrogens (primary N) is 1. The molecule has 1 rings (SSSR count). The van der Waals surface area contributed by atoms with E-state index in [0.717, 1.165) is 5.01 Å². The number of rotatable bonds is 1. The molecular formula is C4H7N5O2. The standard InChI is InChI=1S/C4H7N5O2/c5-3(6)8-9-1-2(10)7-4(9)11/h1H2,(H4,5,6,8)(H,7,10,11). The summed E-state index contributed by atoms with van der Waals surface area (Å²) < 4.78 is 0. The molecule has 0 atom stereocenters. The minimum absolute atomic E-state index is 0.113. The maximum absolute atomic E-state index is 10.7. The lowest BCUT2D eigenvalue weighted by Gasteiger charge is -2.12. The summed E-state index contributed by atoms with van der Waals surface area (Å²) in [4.78, 5) is 21.2. The van der Waals surface area contributed by atoms with Crippen LogP contribution >= 0.6 is 0 Å². The molecule has 11 heavy (non-hydrogen) atoms. The van der Waals surface area contributed by atoms with Crippen LogP contribution < -0.4 is 16.5 Å². The van der Waals surface area contributed by atoms with Crippen LogP contribution in [0.3, 0.4) is 0 Å². The van der Waals surface area contributed by atoms with Crippen molar-refractivity contribution in [2.45, 2.75) is 0 Å². The quantitative estimate of drug-likeness (QED) is 0.199. The lowest BCUT2D eigenvalue weighted by molar-refractivity contribution is -0.118. The highest BCUT2D eigenvalue weighted by molar-refractivity contribution is 6.02. The van der Waals surface area contributed by atoms with E-state index >= 15 is 0 Å². The van der Waals surface area contributed by atoms with Gasteiger partial charge in [-0.2, -0.15) is 0 Å². The number of hydrazine groups is 1. The smallest absolute Gasteiger partial charge is 0.343 e. The first-order valence-electron chi connectivity index (χ1n) is 2.81. The summed E-state index contributed by atoms with van der Waals surface area (Å²) in [6.45, 7) is -0.113. The Morgan fingerprint density at radius 3 is 2.73 bits per heavy atom. The first-order chi connectivity index (χ1) is 5.09. The largest absolute Gasteiger partial charge is 0.369 e. The van der Waals surface area contributed by atoms with Crippen molar-refractivity contribution in [2.75, 3.05) is 6.54 Å². The van der Waals surface area contributed by atoms with Gasteiger partial charge in [0.15, 0.2) is 0 Å². The number of carbonyl (C=O) groups excluding carboxylic acids is 2. The van der Waals surface area contributed by atoms with E-state index in [9.17, 15) is 9.59 Å². The molecule has 7 heteroatoms. The molecule has 1 aliphatic rings. The van der Waals surface area contributed by atoms with Crippen molar-refractivity contribution in [3.05, 3.63) is 0 Å². The Bertz CT molecular complexity index is 225. The number of urea groups is 1. The average Bonchev–Trinajstić information content (AvgIpc) is 2.09. The summed E-state index contributed by atoms with van der Waals surface area (Å²) >= 11 is 0. The number of amides is 3. The molecule has 0 aromatic heterocycles. The molecule has 5 N–H and O–H groups in total. The third-order valence-corrected chi connectivity index (χ3v) is 1.05. The maximum Gasteiger partial charge on any atom is 0.343 e. The van der Waals surface area contributed by atoms with Crippen LogP contribution in [-0.4, -0.2) is 29.5 Å². The highest BCUT2D eigenvalue weighted by atomic mass is 16.2. The number of guanidine groups is 1. The van der Waals surface area contributed by atoms with Crippen LogP contribution in [-0.2, 0) is 4.79 Å². The fourth-order valence-electron chi connectivity index (χ4n) is 0.677. The third-order valence-electron chi connectivity index (χ3n) is 1.05. The van der Waals surface area contributed by atoms with E-state index in [1.165, 1.54) is 0 Å². The summed E-state index contributed by atoms with van der Waals surface area (Å²) in [5.74, 6) is -0.793. The molecule has 0 aromatic carbocycles. The molecule has 0 bridgehead atoms. The van der Waals surface area contributed by atoms with Gasteiger partial charge in [-0.15, -0.1) is 0 Å². The molecule has 1 fully saturated rings. The third kappa shape index (κ3) is 1.57. The van der Waals surface area contributed by atoms with Crippen molar-refractivity contribution in [1.29, 1.82) is 5.41 Å². The number of nitrogens with one attached hydrogen (secondary N) is 3. The monoisotopic (exact) mass is 157 g/mol. The Morgan fingerprint density at radius 2 is 2.36 bits per heavy atom. The van der Waals surface area contributed by atoms with Crippen LogP contribution in [0.4, 0.5) is 4.79 Å². The zero-order valence-electron chi connectivity index (χ0n) is 5.55. The minimum Gasteiger partial charge on any atom is -0.369 e. The van der Waals surface area contributed by atoms with E-state index in [0.29, 0.717) is 0 Å². The van der Waals surface area contributed by atoms with Crippen LogP contribution in [0.2, 0.25) is 0 Å². The van der Waals surface area contributed by atoms with Crippen LogP contribution in [0.1, 0.15) is 0 Å². The van der Waals surface area contributed by atoms with E-state index in [4.69, 9.17) is 11.1 Å². The predicted octanol–water partition coefficient (Wildman–Crippen LogP) is -2.06. The average molecular weight is 157 g/mol. The Morgan fingerprint density at radius 1 is 1.73 bits per heavy atom. The van der Waals surface area contributed by atoms with E-state index in [-0.39, 0.29) is 12.5 Å². The normalized spacial score (nSPS) is 16.5. The van der Waals surface area contributed by atoms with E-state index in [1.807, 2.05) is 5.32 Å². The van der Waals surface area contributed by atoms with Gasteiger partial charge in [-0.25, -0.2) is 9.80 Å². The second-order valence-corrected chi connectivity index (χ2v) is 1.96. The molecule has 0 radical (unpaired) electrons. The van der Waals surface area contributed by atoms with Crippen molar-refractivity contribution in [3.63, 3.8) is 0 Å². The molecule has 1 heterocycles. The number of carbonyl (C=O) groups is 2. The van der Waals surface area contributed by atoms with Crippen molar-refractivity contribution in [3.8, 4) is 0 Å². The molecule has 0 saturated carbocycles. The van der Waals surface area contributed by atoms with Gasteiger partial charge in [-0.3, -0.25) is 20.9 Å². The topological polar surface area (TPSA) is 111 Å². The van der Waals surface area contributed by atoms with Crippen LogP contribution in [0.15, 0.2) is 0 Å². The molecule has 1 saturated heterocycles. The molecule has 0 aliphatic carbocycles. The maximum atomic E-state index is 10.7. The molecule has 0 aromatic rings. The molecule has 1 aliphatic heterocycles. The summed E-state index contributed by atoms with van der Waals surface area (Å²) in [6.07, 6.45) is 0. The first-order valence-corrected chi connectivity index (χ1v) is 2.81. The van der Waals surface area contributed by atoms with Gasteiger partial charge in [0.2, 0.25) is 11.9 Å².